The summed E-state index contributed by atoms with van der Waals surface area (Å²) in [4.78, 5) is 16.1. The van der Waals surface area contributed by atoms with Gasteiger partial charge in [-0.3, -0.25) is 9.69 Å². The van der Waals surface area contributed by atoms with Crippen molar-refractivity contribution in [2.24, 2.45) is 5.10 Å². The monoisotopic (exact) mass is 423 g/mol. The third-order valence-electron chi connectivity index (χ3n) is 4.94. The maximum absolute atomic E-state index is 13.0. The zero-order chi connectivity index (χ0) is 20.8. The van der Waals surface area contributed by atoms with Gasteiger partial charge < -0.3 is 9.15 Å². The summed E-state index contributed by atoms with van der Waals surface area (Å²) in [5.74, 6) is 1.59. The molecule has 4 rings (SSSR count). The van der Waals surface area contributed by atoms with Gasteiger partial charge in [-0.1, -0.05) is 24.3 Å². The number of likely N-dealkylation sites (N-methyl/N-ethyl adjacent to an activating group) is 1. The molecule has 1 unspecified atom stereocenters. The van der Waals surface area contributed by atoms with Crippen LogP contribution < -0.4 is 4.74 Å². The molecule has 1 aromatic carbocycles. The van der Waals surface area contributed by atoms with Crippen LogP contribution in [0.2, 0.25) is 0 Å². The van der Waals surface area contributed by atoms with Gasteiger partial charge in [0.25, 0.3) is 5.91 Å². The lowest BCUT2D eigenvalue weighted by molar-refractivity contribution is -0.134. The van der Waals surface area contributed by atoms with Gasteiger partial charge in [0.1, 0.15) is 17.6 Å². The summed E-state index contributed by atoms with van der Waals surface area (Å²) in [5.41, 5.74) is 0.929. The molecule has 2 aromatic heterocycles. The van der Waals surface area contributed by atoms with Crippen LogP contribution >= 0.6 is 11.3 Å². The van der Waals surface area contributed by atoms with Gasteiger partial charge in [0.15, 0.2) is 0 Å². The van der Waals surface area contributed by atoms with Gasteiger partial charge >= 0.3 is 0 Å². The standard InChI is InChI=1S/C23H25N3O3S/c1-25(12-7-14-28-18-8-3-2-4-9-18)17-23(27)26-20(21-10-5-13-29-21)16-19(24-26)22-11-6-15-30-22/h2-6,8-11,13,15,20H,7,12,14,16-17H2,1H3. The van der Waals surface area contributed by atoms with Crippen molar-refractivity contribution < 1.29 is 13.9 Å². The zero-order valence-corrected chi connectivity index (χ0v) is 17.8. The number of hydrazone groups is 1. The molecule has 0 radical (unpaired) electrons. The largest absolute Gasteiger partial charge is 0.494 e. The molecule has 3 heterocycles. The Bertz CT molecular complexity index is 955. The van der Waals surface area contributed by atoms with E-state index in [2.05, 4.69) is 5.10 Å². The van der Waals surface area contributed by atoms with E-state index in [4.69, 9.17) is 9.15 Å². The minimum atomic E-state index is -0.195. The van der Waals surface area contributed by atoms with E-state index in [1.54, 1.807) is 22.6 Å². The minimum absolute atomic E-state index is 0.0329. The molecule has 0 aliphatic carbocycles. The highest BCUT2D eigenvalue weighted by Crippen LogP contribution is 2.34. The Morgan fingerprint density at radius 1 is 1.23 bits per heavy atom. The van der Waals surface area contributed by atoms with Crippen molar-refractivity contribution in [3.63, 3.8) is 0 Å². The fraction of sp³-hybridized carbons (Fsp3) is 0.304. The number of nitrogens with zero attached hydrogens (tertiary/aromatic N) is 3. The molecule has 0 bridgehead atoms. The lowest BCUT2D eigenvalue weighted by atomic mass is 10.1. The number of carbonyl (C=O) groups is 1. The first kappa shape index (κ1) is 20.4. The Hall–Kier alpha value is -2.90. The van der Waals surface area contributed by atoms with Crippen LogP contribution in [-0.2, 0) is 4.79 Å². The zero-order valence-electron chi connectivity index (χ0n) is 16.9. The predicted molar refractivity (Wildman–Crippen MR) is 118 cm³/mol. The first-order valence-electron chi connectivity index (χ1n) is 10.0. The van der Waals surface area contributed by atoms with E-state index >= 15 is 0 Å². The molecule has 7 heteroatoms. The summed E-state index contributed by atoms with van der Waals surface area (Å²) in [7, 11) is 1.95. The fourth-order valence-corrected chi connectivity index (χ4v) is 4.18. The highest BCUT2D eigenvalue weighted by atomic mass is 32.1. The highest BCUT2D eigenvalue weighted by Gasteiger charge is 2.35. The summed E-state index contributed by atoms with van der Waals surface area (Å²) in [6, 6.07) is 17.4. The molecule has 3 aromatic rings. The van der Waals surface area contributed by atoms with Crippen molar-refractivity contribution in [2.45, 2.75) is 18.9 Å². The molecule has 1 amide bonds. The van der Waals surface area contributed by atoms with Gasteiger partial charge in [0.05, 0.1) is 30.0 Å². The highest BCUT2D eigenvalue weighted by molar-refractivity contribution is 7.12. The minimum Gasteiger partial charge on any atom is -0.494 e. The maximum Gasteiger partial charge on any atom is 0.257 e. The first-order chi connectivity index (χ1) is 14.7. The van der Waals surface area contributed by atoms with Gasteiger partial charge in [0, 0.05) is 13.0 Å². The first-order valence-corrected chi connectivity index (χ1v) is 10.9. The second kappa shape index (κ2) is 9.73. The van der Waals surface area contributed by atoms with Crippen LogP contribution in [0, 0.1) is 0 Å². The van der Waals surface area contributed by atoms with Crippen LogP contribution in [-0.4, -0.2) is 48.3 Å². The van der Waals surface area contributed by atoms with E-state index in [0.717, 1.165) is 35.1 Å². The van der Waals surface area contributed by atoms with E-state index in [1.165, 1.54) is 0 Å². The molecule has 0 spiro atoms. The smallest absolute Gasteiger partial charge is 0.257 e. The molecule has 0 fully saturated rings. The average Bonchev–Trinajstić information content (AvgIpc) is 3.52. The number of para-hydroxylation sites is 1. The van der Waals surface area contributed by atoms with Gasteiger partial charge in [0.2, 0.25) is 0 Å². The third kappa shape index (κ3) is 4.98. The number of hydrogen-bond donors (Lipinski definition) is 0. The lowest BCUT2D eigenvalue weighted by Crippen LogP contribution is -2.37. The van der Waals surface area contributed by atoms with E-state index < -0.39 is 0 Å². The van der Waals surface area contributed by atoms with Gasteiger partial charge in [-0.15, -0.1) is 11.3 Å². The Kier molecular flexibility index (Phi) is 6.61. The molecule has 6 nitrogen and oxygen atoms in total. The fourth-order valence-electron chi connectivity index (χ4n) is 3.46. The molecule has 0 saturated heterocycles. The predicted octanol–water partition coefficient (Wildman–Crippen LogP) is 4.42. The molecular weight excluding hydrogens is 398 g/mol. The molecule has 1 aliphatic rings. The number of ether oxygens (including phenoxy) is 1. The molecular formula is C23H25N3O3S. The quantitative estimate of drug-likeness (QED) is 0.478. The number of hydrogen-bond acceptors (Lipinski definition) is 6. The summed E-state index contributed by atoms with van der Waals surface area (Å²) in [6.45, 7) is 1.67. The van der Waals surface area contributed by atoms with Crippen molar-refractivity contribution in [2.75, 3.05) is 26.7 Å². The van der Waals surface area contributed by atoms with Crippen molar-refractivity contribution in [1.29, 1.82) is 0 Å². The van der Waals surface area contributed by atoms with Gasteiger partial charge in [-0.2, -0.15) is 5.10 Å². The topological polar surface area (TPSA) is 58.3 Å². The van der Waals surface area contributed by atoms with Crippen molar-refractivity contribution in [3.05, 3.63) is 76.9 Å². The van der Waals surface area contributed by atoms with Crippen LogP contribution in [0.1, 0.15) is 29.5 Å². The Labute approximate surface area is 180 Å². The number of furan rings is 1. The molecule has 0 N–H and O–H groups in total. The van der Waals surface area contributed by atoms with Crippen LogP contribution in [0.15, 0.2) is 75.8 Å². The molecule has 0 saturated carbocycles. The summed E-state index contributed by atoms with van der Waals surface area (Å²) < 4.78 is 11.3. The summed E-state index contributed by atoms with van der Waals surface area (Å²) in [6.07, 6.45) is 3.14. The Morgan fingerprint density at radius 2 is 2.10 bits per heavy atom. The molecule has 1 atom stereocenters. The molecule has 156 valence electrons. The van der Waals surface area contributed by atoms with Crippen LogP contribution in [0.25, 0.3) is 0 Å². The third-order valence-corrected chi connectivity index (χ3v) is 5.86. The number of rotatable bonds is 9. The Morgan fingerprint density at radius 3 is 2.83 bits per heavy atom. The second-order valence-electron chi connectivity index (χ2n) is 7.25. The van der Waals surface area contributed by atoms with Gasteiger partial charge in [-0.25, -0.2) is 5.01 Å². The van der Waals surface area contributed by atoms with Crippen LogP contribution in [0.3, 0.4) is 0 Å². The number of carbonyl (C=O) groups excluding carboxylic acids is 1. The summed E-state index contributed by atoms with van der Waals surface area (Å²) >= 11 is 1.64. The Balaban J connectivity index is 1.33. The SMILES string of the molecule is CN(CCCOc1ccccc1)CC(=O)N1N=C(c2cccs2)CC1c1ccco1. The van der Waals surface area contributed by atoms with E-state index in [-0.39, 0.29) is 11.9 Å². The average molecular weight is 424 g/mol. The molecule has 1 aliphatic heterocycles. The van der Waals surface area contributed by atoms with Crippen molar-refractivity contribution >= 4 is 23.0 Å². The second-order valence-corrected chi connectivity index (χ2v) is 8.20. The summed E-state index contributed by atoms with van der Waals surface area (Å²) in [5, 5.41) is 8.27. The van der Waals surface area contributed by atoms with Crippen molar-refractivity contribution in [3.8, 4) is 5.75 Å². The van der Waals surface area contributed by atoms with Crippen LogP contribution in [0.5, 0.6) is 5.75 Å². The normalized spacial score (nSPS) is 16.1. The van der Waals surface area contributed by atoms with E-state index in [9.17, 15) is 4.79 Å². The molecule has 30 heavy (non-hydrogen) atoms. The number of benzene rings is 1. The van der Waals surface area contributed by atoms with Crippen LogP contribution in [0.4, 0.5) is 0 Å². The number of amides is 1. The lowest BCUT2D eigenvalue weighted by Gasteiger charge is -2.23. The maximum atomic E-state index is 13.0. The van der Waals surface area contributed by atoms with E-state index in [0.29, 0.717) is 19.6 Å². The van der Waals surface area contributed by atoms with Crippen molar-refractivity contribution in [1.82, 2.24) is 9.91 Å². The van der Waals surface area contributed by atoms with E-state index in [1.807, 2.05) is 71.9 Å². The number of thiophene rings is 1. The van der Waals surface area contributed by atoms with Gasteiger partial charge in [-0.05, 0) is 49.2 Å².